The molecule has 2 aliphatic rings. The van der Waals surface area contributed by atoms with Crippen molar-refractivity contribution in [2.24, 2.45) is 17.4 Å². The van der Waals surface area contributed by atoms with Crippen LogP contribution in [-0.2, 0) is 14.5 Å². The Morgan fingerprint density at radius 2 is 2.05 bits per heavy atom. The smallest absolute Gasteiger partial charge is 0.427 e. The number of hydrogen-bond donors (Lipinski definition) is 4. The summed E-state index contributed by atoms with van der Waals surface area (Å²) in [7, 11) is -5.17. The predicted octanol–water partition coefficient (Wildman–Crippen LogP) is -1.36. The number of rotatable bonds is 8. The molecule has 0 aromatic rings. The summed E-state index contributed by atoms with van der Waals surface area (Å²) in [5.74, 6) is 0.000179. The van der Waals surface area contributed by atoms with Crippen molar-refractivity contribution < 1.29 is 22.6 Å². The minimum absolute atomic E-state index is 0.000179. The van der Waals surface area contributed by atoms with Crippen LogP contribution >= 0.6 is 0 Å². The van der Waals surface area contributed by atoms with E-state index in [-0.39, 0.29) is 24.8 Å². The third-order valence-electron chi connectivity index (χ3n) is 4.71. The Hall–Kier alpha value is -0.225. The Balaban J connectivity index is 1.87. The van der Waals surface area contributed by atoms with Gasteiger partial charge in [-0.05, 0) is 38.4 Å². The highest BCUT2D eigenvalue weighted by atomic mass is 32.2. The molecular weight excluding hydrogens is 309 g/mol. The van der Waals surface area contributed by atoms with Crippen LogP contribution in [0.2, 0.25) is 6.32 Å². The van der Waals surface area contributed by atoms with Crippen LogP contribution in [0, 0.1) is 5.92 Å². The van der Waals surface area contributed by atoms with Gasteiger partial charge in [-0.15, -0.1) is 0 Å². The fraction of sp³-hybridized carbons (Fsp3) is 1.00. The van der Waals surface area contributed by atoms with Gasteiger partial charge in [0.25, 0.3) is 0 Å². The van der Waals surface area contributed by atoms with Gasteiger partial charge >= 0.3 is 17.4 Å². The van der Waals surface area contributed by atoms with E-state index in [2.05, 4.69) is 0 Å². The fourth-order valence-electron chi connectivity index (χ4n) is 2.80. The number of nitrogens with zero attached hydrogens (tertiary/aromatic N) is 1. The summed E-state index contributed by atoms with van der Waals surface area (Å²) >= 11 is 0. The number of hydrogen-bond acceptors (Lipinski definition) is 7. The maximum absolute atomic E-state index is 12.3. The molecule has 0 aromatic heterocycles. The lowest BCUT2D eigenvalue weighted by Gasteiger charge is -2.23. The van der Waals surface area contributed by atoms with E-state index >= 15 is 0 Å². The summed E-state index contributed by atoms with van der Waals surface area (Å²) in [5.41, 5.74) is 11.4. The van der Waals surface area contributed by atoms with Gasteiger partial charge in [-0.3, -0.25) is 4.18 Å². The van der Waals surface area contributed by atoms with Crippen molar-refractivity contribution >= 4 is 17.4 Å². The van der Waals surface area contributed by atoms with Crippen LogP contribution in [0.3, 0.4) is 0 Å². The molecule has 0 spiro atoms. The summed E-state index contributed by atoms with van der Waals surface area (Å²) in [4.78, 5) is 0. The van der Waals surface area contributed by atoms with Gasteiger partial charge < -0.3 is 21.5 Å². The summed E-state index contributed by atoms with van der Waals surface area (Å²) in [6.07, 6.45) is 2.51. The zero-order valence-electron chi connectivity index (χ0n) is 12.9. The molecule has 0 radical (unpaired) electrons. The SMILES string of the molecule is C[C@@H](OS(=O)(=O)N1CC(CCCB(O)O)[C@@H](N)C1)C1(N)CC1. The molecule has 3 atom stereocenters. The Labute approximate surface area is 132 Å². The van der Waals surface area contributed by atoms with Crippen LogP contribution in [0.25, 0.3) is 0 Å². The Bertz CT molecular complexity index is 485. The van der Waals surface area contributed by atoms with E-state index in [1.165, 1.54) is 4.31 Å². The molecule has 1 saturated carbocycles. The van der Waals surface area contributed by atoms with E-state index in [0.717, 1.165) is 12.8 Å². The fourth-order valence-corrected chi connectivity index (χ4v) is 4.20. The van der Waals surface area contributed by atoms with Gasteiger partial charge in [0, 0.05) is 24.7 Å². The molecule has 1 unspecified atom stereocenters. The highest BCUT2D eigenvalue weighted by molar-refractivity contribution is 7.84. The second kappa shape index (κ2) is 6.72. The highest BCUT2D eigenvalue weighted by Gasteiger charge is 2.47. The van der Waals surface area contributed by atoms with Crippen molar-refractivity contribution in [1.82, 2.24) is 4.31 Å². The van der Waals surface area contributed by atoms with Crippen LogP contribution in [-0.4, -0.2) is 60.7 Å². The van der Waals surface area contributed by atoms with Crippen molar-refractivity contribution in [3.05, 3.63) is 0 Å². The van der Waals surface area contributed by atoms with E-state index in [9.17, 15) is 8.42 Å². The lowest BCUT2D eigenvalue weighted by Crippen LogP contribution is -2.42. The average molecular weight is 335 g/mol. The molecule has 128 valence electrons. The third-order valence-corrected chi connectivity index (χ3v) is 6.18. The van der Waals surface area contributed by atoms with Gasteiger partial charge in [0.1, 0.15) is 0 Å². The summed E-state index contributed by atoms with van der Waals surface area (Å²) < 4.78 is 31.1. The van der Waals surface area contributed by atoms with Crippen LogP contribution in [0.4, 0.5) is 0 Å². The largest absolute Gasteiger partial charge is 0.451 e. The van der Waals surface area contributed by atoms with Crippen molar-refractivity contribution in [2.75, 3.05) is 13.1 Å². The molecule has 10 heteroatoms. The minimum Gasteiger partial charge on any atom is -0.427 e. The molecular formula is C12H26BN3O5S. The summed E-state index contributed by atoms with van der Waals surface area (Å²) in [6, 6.07) is -0.266. The predicted molar refractivity (Wildman–Crippen MR) is 82.9 cm³/mol. The first-order chi connectivity index (χ1) is 10.1. The van der Waals surface area contributed by atoms with Crippen LogP contribution in [0.15, 0.2) is 0 Å². The van der Waals surface area contributed by atoms with Crippen LogP contribution in [0.5, 0.6) is 0 Å². The Kier molecular flexibility index (Phi) is 5.53. The van der Waals surface area contributed by atoms with Crippen LogP contribution < -0.4 is 11.5 Å². The molecule has 0 aromatic carbocycles. The topological polar surface area (TPSA) is 139 Å². The second-order valence-corrected chi connectivity index (χ2v) is 8.15. The van der Waals surface area contributed by atoms with Gasteiger partial charge in [0.15, 0.2) is 0 Å². The van der Waals surface area contributed by atoms with E-state index in [1.54, 1.807) is 6.92 Å². The molecule has 6 N–H and O–H groups in total. The summed E-state index contributed by atoms with van der Waals surface area (Å²) in [6.45, 7) is 2.20. The molecule has 1 saturated heterocycles. The molecule has 1 aliphatic heterocycles. The third kappa shape index (κ3) is 4.41. The zero-order valence-corrected chi connectivity index (χ0v) is 13.7. The standard InChI is InChI=1S/C12H26BN3O5S/c1-9(12(15)4-5-12)21-22(19,20)16-7-10(11(14)8-16)3-2-6-13(17)18/h9-11,17-18H,2-8,14-15H2,1H3/t9-,10?,11+/m1/s1. The molecule has 8 nitrogen and oxygen atoms in total. The lowest BCUT2D eigenvalue weighted by molar-refractivity contribution is 0.168. The van der Waals surface area contributed by atoms with E-state index in [4.69, 9.17) is 25.7 Å². The Morgan fingerprint density at radius 3 is 2.59 bits per heavy atom. The van der Waals surface area contributed by atoms with Gasteiger partial charge in [-0.2, -0.15) is 12.7 Å². The molecule has 22 heavy (non-hydrogen) atoms. The first-order valence-electron chi connectivity index (χ1n) is 7.73. The monoisotopic (exact) mass is 335 g/mol. The maximum atomic E-state index is 12.3. The Morgan fingerprint density at radius 1 is 1.41 bits per heavy atom. The normalized spacial score (nSPS) is 29.5. The molecule has 2 rings (SSSR count). The minimum atomic E-state index is -3.84. The van der Waals surface area contributed by atoms with Gasteiger partial charge in [0.2, 0.25) is 0 Å². The second-order valence-electron chi connectivity index (χ2n) is 6.58. The molecule has 2 fully saturated rings. The van der Waals surface area contributed by atoms with E-state index in [0.29, 0.717) is 19.4 Å². The van der Waals surface area contributed by atoms with Gasteiger partial charge in [-0.1, -0.05) is 6.42 Å². The number of nitrogens with two attached hydrogens (primary N) is 2. The first-order valence-corrected chi connectivity index (χ1v) is 9.09. The van der Waals surface area contributed by atoms with Crippen LogP contribution in [0.1, 0.15) is 32.6 Å². The first kappa shape index (κ1) is 18.1. The van der Waals surface area contributed by atoms with Crippen molar-refractivity contribution in [2.45, 2.75) is 56.6 Å². The van der Waals surface area contributed by atoms with Gasteiger partial charge in [0.05, 0.1) is 6.10 Å². The van der Waals surface area contributed by atoms with Crippen molar-refractivity contribution in [3.8, 4) is 0 Å². The van der Waals surface area contributed by atoms with E-state index in [1.807, 2.05) is 0 Å². The summed E-state index contributed by atoms with van der Waals surface area (Å²) in [5, 5.41) is 17.7. The van der Waals surface area contributed by atoms with Gasteiger partial charge in [-0.25, -0.2) is 0 Å². The van der Waals surface area contributed by atoms with Crippen molar-refractivity contribution in [1.29, 1.82) is 0 Å². The average Bonchev–Trinajstić information content (AvgIpc) is 3.04. The maximum Gasteiger partial charge on any atom is 0.451 e. The molecule has 1 heterocycles. The zero-order chi connectivity index (χ0) is 16.5. The van der Waals surface area contributed by atoms with E-state index < -0.39 is 29.1 Å². The molecule has 0 amide bonds. The van der Waals surface area contributed by atoms with Crippen molar-refractivity contribution in [3.63, 3.8) is 0 Å². The highest BCUT2D eigenvalue weighted by Crippen LogP contribution is 2.38. The lowest BCUT2D eigenvalue weighted by atomic mass is 9.82. The quantitative estimate of drug-likeness (QED) is 0.402. The molecule has 1 aliphatic carbocycles. The molecule has 0 bridgehead atoms.